The van der Waals surface area contributed by atoms with Crippen molar-refractivity contribution >= 4 is 16.6 Å². The molecule has 0 bridgehead atoms. The highest BCUT2D eigenvalue weighted by Gasteiger charge is 2.38. The SMILES string of the molecule is C=C(C)C1(N(C)C)CCC(Nc2ccc3nc([C@@H](CCC)N4C[C@@H](C)N[C@@H](C)C4)n(CC)c(=O)c3c2)CC1.[HH].[HH]. The van der Waals surface area contributed by atoms with E-state index >= 15 is 0 Å². The van der Waals surface area contributed by atoms with Gasteiger partial charge >= 0.3 is 0 Å². The number of fused-ring (bicyclic) bond motifs is 1. The number of rotatable bonds is 9. The lowest BCUT2D eigenvalue weighted by atomic mass is 9.74. The third-order valence-electron chi connectivity index (χ3n) is 9.02. The van der Waals surface area contributed by atoms with E-state index in [1.165, 1.54) is 5.57 Å². The second kappa shape index (κ2) is 11.9. The number of hydrogen-bond donors (Lipinski definition) is 2. The van der Waals surface area contributed by atoms with Crippen molar-refractivity contribution in [3.63, 3.8) is 0 Å². The highest BCUT2D eigenvalue weighted by molar-refractivity contribution is 5.81. The van der Waals surface area contributed by atoms with Gasteiger partial charge < -0.3 is 15.5 Å². The third kappa shape index (κ3) is 5.70. The number of benzene rings is 1. The molecule has 3 atom stereocenters. The third-order valence-corrected chi connectivity index (χ3v) is 9.02. The molecule has 1 aliphatic heterocycles. The Hall–Kier alpha value is -2.22. The van der Waals surface area contributed by atoms with E-state index in [4.69, 9.17) is 4.98 Å². The predicted molar refractivity (Wildman–Crippen MR) is 164 cm³/mol. The van der Waals surface area contributed by atoms with Crippen LogP contribution in [-0.4, -0.2) is 70.2 Å². The summed E-state index contributed by atoms with van der Waals surface area (Å²) >= 11 is 0. The summed E-state index contributed by atoms with van der Waals surface area (Å²) in [5.74, 6) is 0.918. The van der Waals surface area contributed by atoms with E-state index in [-0.39, 0.29) is 20.0 Å². The van der Waals surface area contributed by atoms with Gasteiger partial charge in [-0.1, -0.05) is 25.5 Å². The van der Waals surface area contributed by atoms with Gasteiger partial charge in [-0.15, -0.1) is 0 Å². The summed E-state index contributed by atoms with van der Waals surface area (Å²) in [5.41, 5.74) is 3.23. The lowest BCUT2D eigenvalue weighted by molar-refractivity contribution is 0.109. The molecule has 0 amide bonds. The maximum Gasteiger partial charge on any atom is 0.261 e. The zero-order chi connectivity index (χ0) is 27.6. The van der Waals surface area contributed by atoms with Crippen LogP contribution in [0.3, 0.4) is 0 Å². The maximum absolute atomic E-state index is 13.8. The second-order valence-electron chi connectivity index (χ2n) is 12.1. The van der Waals surface area contributed by atoms with Crippen molar-refractivity contribution in [1.82, 2.24) is 24.7 Å². The van der Waals surface area contributed by atoms with E-state index in [9.17, 15) is 4.79 Å². The molecule has 1 aromatic carbocycles. The fraction of sp³-hybridized carbons (Fsp3) is 0.677. The molecule has 7 heteroatoms. The van der Waals surface area contributed by atoms with Crippen LogP contribution in [0.4, 0.5) is 5.69 Å². The van der Waals surface area contributed by atoms with E-state index in [1.54, 1.807) is 0 Å². The average molecular weight is 527 g/mol. The molecule has 2 aliphatic rings. The van der Waals surface area contributed by atoms with Crippen LogP contribution in [0.1, 0.15) is 87.9 Å². The highest BCUT2D eigenvalue weighted by atomic mass is 16.1. The number of piperazine rings is 1. The predicted octanol–water partition coefficient (Wildman–Crippen LogP) is 5.66. The topological polar surface area (TPSA) is 65.4 Å². The molecule has 0 radical (unpaired) electrons. The molecule has 2 fully saturated rings. The van der Waals surface area contributed by atoms with E-state index < -0.39 is 0 Å². The first-order chi connectivity index (χ1) is 18.1. The van der Waals surface area contributed by atoms with Crippen LogP contribution in [-0.2, 0) is 6.54 Å². The monoisotopic (exact) mass is 526 g/mol. The molecule has 1 saturated carbocycles. The Labute approximate surface area is 232 Å². The smallest absolute Gasteiger partial charge is 0.261 e. The number of hydrogen-bond acceptors (Lipinski definition) is 6. The normalized spacial score (nSPS) is 27.5. The van der Waals surface area contributed by atoms with Gasteiger partial charge in [0.15, 0.2) is 0 Å². The highest BCUT2D eigenvalue weighted by Crippen LogP contribution is 2.38. The van der Waals surface area contributed by atoms with Crippen LogP contribution in [0.2, 0.25) is 0 Å². The quantitative estimate of drug-likeness (QED) is 0.411. The molecule has 7 nitrogen and oxygen atoms in total. The van der Waals surface area contributed by atoms with Gasteiger partial charge in [0, 0.05) is 51.8 Å². The van der Waals surface area contributed by atoms with Crippen LogP contribution in [0.25, 0.3) is 10.9 Å². The number of aromatic nitrogens is 2. The van der Waals surface area contributed by atoms with Crippen molar-refractivity contribution in [3.05, 3.63) is 46.5 Å². The minimum Gasteiger partial charge on any atom is -0.382 e. The van der Waals surface area contributed by atoms with Crippen LogP contribution in [0.15, 0.2) is 35.1 Å². The molecule has 2 heterocycles. The summed E-state index contributed by atoms with van der Waals surface area (Å²) in [6, 6.07) is 7.55. The van der Waals surface area contributed by atoms with Gasteiger partial charge in [-0.05, 0) is 92.1 Å². The maximum atomic E-state index is 13.8. The molecule has 4 rings (SSSR count). The Morgan fingerprint density at radius 2 is 1.89 bits per heavy atom. The molecule has 0 unspecified atom stereocenters. The number of nitrogens with zero attached hydrogens (tertiary/aromatic N) is 4. The Balaban J connectivity index is 0.00000280. The molecular weight excluding hydrogens is 472 g/mol. The molecular formula is C31H54N6O. The summed E-state index contributed by atoms with van der Waals surface area (Å²) in [6.07, 6.45) is 6.41. The fourth-order valence-electron chi connectivity index (χ4n) is 6.99. The molecule has 1 aliphatic carbocycles. The van der Waals surface area contributed by atoms with E-state index in [2.05, 4.69) is 81.8 Å². The van der Waals surface area contributed by atoms with E-state index in [0.29, 0.717) is 30.1 Å². The van der Waals surface area contributed by atoms with Crippen LogP contribution in [0.5, 0.6) is 0 Å². The van der Waals surface area contributed by atoms with Crippen molar-refractivity contribution < 1.29 is 2.85 Å². The molecule has 1 aromatic heterocycles. The van der Waals surface area contributed by atoms with Gasteiger partial charge in [0.05, 0.1) is 16.9 Å². The van der Waals surface area contributed by atoms with Gasteiger partial charge in [-0.25, -0.2) is 4.98 Å². The first kappa shape index (κ1) is 28.8. The molecule has 214 valence electrons. The number of anilines is 1. The van der Waals surface area contributed by atoms with Crippen molar-refractivity contribution in [1.29, 1.82) is 0 Å². The van der Waals surface area contributed by atoms with Crippen molar-refractivity contribution in [2.24, 2.45) is 0 Å². The first-order valence-corrected chi connectivity index (χ1v) is 14.7. The Kier molecular flexibility index (Phi) is 9.00. The van der Waals surface area contributed by atoms with Crippen molar-refractivity contribution in [2.75, 3.05) is 32.5 Å². The molecule has 1 saturated heterocycles. The second-order valence-corrected chi connectivity index (χ2v) is 12.1. The zero-order valence-corrected chi connectivity index (χ0v) is 24.8. The zero-order valence-electron chi connectivity index (χ0n) is 24.8. The first-order valence-electron chi connectivity index (χ1n) is 14.7. The standard InChI is InChI=1S/C31H50N6O.2H2/c1-9-11-28(36-19-22(5)32-23(6)20-36)29-34-27-13-12-25(18-26(27)30(38)37(29)10-2)33-24-14-16-31(17-15-24,21(3)4)35(7)8;;/h12-13,18,22-24,28,32-33H,3,9-11,14-17,19-20H2,1-2,4-8H3;2*1H/t22-,23+,24?,28-,31?;;/m1../s1. The van der Waals surface area contributed by atoms with Gasteiger partial charge in [-0.3, -0.25) is 14.3 Å². The minimum atomic E-state index is 0. The number of likely N-dealkylation sites (N-methyl/N-ethyl adjacent to an activating group) is 1. The van der Waals surface area contributed by atoms with Gasteiger partial charge in [0.1, 0.15) is 5.82 Å². The lowest BCUT2D eigenvalue weighted by Gasteiger charge is -2.46. The van der Waals surface area contributed by atoms with Crippen LogP contribution in [0, 0.1) is 0 Å². The van der Waals surface area contributed by atoms with E-state index in [1.807, 2.05) is 16.7 Å². The molecule has 0 spiro atoms. The lowest BCUT2D eigenvalue weighted by Crippen LogP contribution is -2.55. The Morgan fingerprint density at radius 1 is 1.24 bits per heavy atom. The van der Waals surface area contributed by atoms with Crippen molar-refractivity contribution in [3.8, 4) is 0 Å². The molecule has 38 heavy (non-hydrogen) atoms. The Morgan fingerprint density at radius 3 is 2.45 bits per heavy atom. The summed E-state index contributed by atoms with van der Waals surface area (Å²) < 4.78 is 1.92. The largest absolute Gasteiger partial charge is 0.382 e. The number of nitrogens with one attached hydrogen (secondary N) is 2. The van der Waals surface area contributed by atoms with Crippen molar-refractivity contribution in [2.45, 2.75) is 109 Å². The van der Waals surface area contributed by atoms with Gasteiger partial charge in [0.2, 0.25) is 0 Å². The summed E-state index contributed by atoms with van der Waals surface area (Å²) in [7, 11) is 4.33. The summed E-state index contributed by atoms with van der Waals surface area (Å²) in [5, 5.41) is 8.08. The van der Waals surface area contributed by atoms with Crippen LogP contribution < -0.4 is 16.2 Å². The van der Waals surface area contributed by atoms with E-state index in [0.717, 1.165) is 68.6 Å². The minimum absolute atomic E-state index is 0. The summed E-state index contributed by atoms with van der Waals surface area (Å²) in [6.45, 7) is 17.8. The van der Waals surface area contributed by atoms with Gasteiger partial charge in [-0.2, -0.15) is 0 Å². The average Bonchev–Trinajstić information content (AvgIpc) is 2.87. The Bertz CT molecular complexity index is 1180. The van der Waals surface area contributed by atoms with Crippen LogP contribution >= 0.6 is 0 Å². The van der Waals surface area contributed by atoms with Gasteiger partial charge in [0.25, 0.3) is 5.56 Å². The molecule has 2 aromatic rings. The molecule has 2 N–H and O–H groups in total. The fourth-order valence-corrected chi connectivity index (χ4v) is 6.99. The summed E-state index contributed by atoms with van der Waals surface area (Å²) in [4.78, 5) is 23.9.